The molecule has 2 aromatic rings. The zero-order valence-electron chi connectivity index (χ0n) is 12.3. The van der Waals surface area contributed by atoms with Gasteiger partial charge in [0.05, 0.1) is 11.8 Å². The Balaban J connectivity index is 2.13. The number of hydrogen-bond acceptors (Lipinski definition) is 6. The number of nitrogens with two attached hydrogens (primary N) is 1. The molecular formula is C15H13N5O4. The number of esters is 1. The molecule has 0 saturated heterocycles. The molecule has 0 aliphatic rings. The smallest absolute Gasteiger partial charge is 0.343 e. The van der Waals surface area contributed by atoms with E-state index in [1.54, 1.807) is 60.0 Å². The quantitative estimate of drug-likeness (QED) is 0.213. The predicted octanol–water partition coefficient (Wildman–Crippen LogP) is 1.34. The van der Waals surface area contributed by atoms with E-state index in [9.17, 15) is 14.9 Å². The van der Waals surface area contributed by atoms with Crippen LogP contribution in [0.2, 0.25) is 0 Å². The van der Waals surface area contributed by atoms with Crippen LogP contribution in [0, 0.1) is 10.1 Å². The van der Waals surface area contributed by atoms with Gasteiger partial charge in [0, 0.05) is 5.56 Å². The molecule has 0 atom stereocenters. The van der Waals surface area contributed by atoms with Crippen LogP contribution in [0.5, 0.6) is 5.75 Å². The third kappa shape index (κ3) is 4.91. The highest BCUT2D eigenvalue weighted by Crippen LogP contribution is 2.17. The summed E-state index contributed by atoms with van der Waals surface area (Å²) in [6.45, 7) is 0. The Morgan fingerprint density at radius 3 is 2.54 bits per heavy atom. The lowest BCUT2D eigenvalue weighted by Crippen LogP contribution is -2.35. The summed E-state index contributed by atoms with van der Waals surface area (Å²) in [5.41, 5.74) is 7.74. The van der Waals surface area contributed by atoms with E-state index in [2.05, 4.69) is 10.2 Å². The average molecular weight is 327 g/mol. The molecule has 0 aromatic heterocycles. The molecule has 122 valence electrons. The van der Waals surface area contributed by atoms with Crippen molar-refractivity contribution in [3.63, 3.8) is 0 Å². The van der Waals surface area contributed by atoms with Gasteiger partial charge in [0.1, 0.15) is 5.75 Å². The van der Waals surface area contributed by atoms with E-state index >= 15 is 0 Å². The van der Waals surface area contributed by atoms with Gasteiger partial charge in [0.25, 0.3) is 5.96 Å². The summed E-state index contributed by atoms with van der Waals surface area (Å²) in [6, 6.07) is 15.1. The van der Waals surface area contributed by atoms with Crippen LogP contribution < -0.4 is 15.9 Å². The van der Waals surface area contributed by atoms with Crippen molar-refractivity contribution in [1.29, 1.82) is 0 Å². The molecule has 24 heavy (non-hydrogen) atoms. The minimum Gasteiger partial charge on any atom is -0.422 e. The van der Waals surface area contributed by atoms with E-state index in [4.69, 9.17) is 10.5 Å². The van der Waals surface area contributed by atoms with E-state index in [0.29, 0.717) is 11.1 Å². The third-order valence-electron chi connectivity index (χ3n) is 2.70. The van der Waals surface area contributed by atoms with Crippen LogP contribution in [-0.2, 0) is 0 Å². The van der Waals surface area contributed by atoms with Crippen molar-refractivity contribution in [2.24, 2.45) is 15.9 Å². The molecule has 0 bridgehead atoms. The second-order valence-electron chi connectivity index (χ2n) is 4.39. The molecule has 0 unspecified atom stereocenters. The highest BCUT2D eigenvalue weighted by Gasteiger charge is 2.10. The number of carbonyl (C=O) groups excluding carboxylic acids is 1. The molecule has 9 nitrogen and oxygen atoms in total. The summed E-state index contributed by atoms with van der Waals surface area (Å²) < 4.78 is 5.32. The number of carbonyl (C=O) groups is 1. The fraction of sp³-hybridized carbons (Fsp3) is 0. The fourth-order valence-electron chi connectivity index (χ4n) is 1.68. The molecule has 3 N–H and O–H groups in total. The van der Waals surface area contributed by atoms with Crippen LogP contribution in [0.1, 0.15) is 15.9 Å². The van der Waals surface area contributed by atoms with E-state index in [-0.39, 0.29) is 5.75 Å². The zero-order chi connectivity index (χ0) is 17.4. The van der Waals surface area contributed by atoms with E-state index in [1.807, 2.05) is 0 Å². The van der Waals surface area contributed by atoms with Crippen molar-refractivity contribution in [1.82, 2.24) is 5.43 Å². The van der Waals surface area contributed by atoms with Gasteiger partial charge in [0.2, 0.25) is 0 Å². The number of nitrogens with zero attached hydrogens (tertiary/aromatic N) is 3. The van der Waals surface area contributed by atoms with Gasteiger partial charge in [-0.05, 0) is 24.3 Å². The lowest BCUT2D eigenvalue weighted by Gasteiger charge is -2.06. The van der Waals surface area contributed by atoms with Crippen molar-refractivity contribution in [3.8, 4) is 5.75 Å². The van der Waals surface area contributed by atoms with Crippen LogP contribution in [0.4, 0.5) is 0 Å². The molecule has 2 rings (SSSR count). The Morgan fingerprint density at radius 2 is 1.83 bits per heavy atom. The van der Waals surface area contributed by atoms with Crippen molar-refractivity contribution < 1.29 is 14.6 Å². The largest absolute Gasteiger partial charge is 0.422 e. The topological polar surface area (TPSA) is 132 Å². The summed E-state index contributed by atoms with van der Waals surface area (Å²) in [7, 11) is 0. The first-order valence-corrected chi connectivity index (χ1v) is 6.70. The third-order valence-corrected chi connectivity index (χ3v) is 2.70. The Morgan fingerprint density at radius 1 is 1.17 bits per heavy atom. The number of hydrogen-bond donors (Lipinski definition) is 2. The summed E-state index contributed by atoms with van der Waals surface area (Å²) in [4.78, 5) is 22.2. The minimum absolute atomic E-state index is 0.270. The number of ether oxygens (including phenoxy) is 1. The first-order valence-electron chi connectivity index (χ1n) is 6.70. The number of guanidine groups is 1. The molecule has 0 saturated carbocycles. The maximum atomic E-state index is 12.1. The molecule has 9 heteroatoms. The molecule has 0 aliphatic carbocycles. The van der Waals surface area contributed by atoms with Crippen molar-refractivity contribution in [3.05, 3.63) is 75.8 Å². The van der Waals surface area contributed by atoms with Gasteiger partial charge in [-0.15, -0.1) is 5.10 Å². The van der Waals surface area contributed by atoms with Gasteiger partial charge in [-0.3, -0.25) is 0 Å². The molecule has 0 aliphatic heterocycles. The predicted molar refractivity (Wildman–Crippen MR) is 87.2 cm³/mol. The van der Waals surface area contributed by atoms with Crippen LogP contribution in [0.3, 0.4) is 0 Å². The highest BCUT2D eigenvalue weighted by molar-refractivity contribution is 5.93. The lowest BCUT2D eigenvalue weighted by atomic mass is 10.2. The number of para-hydroxylation sites is 1. The second kappa shape index (κ2) is 8.03. The Bertz CT molecular complexity index is 789. The monoisotopic (exact) mass is 327 g/mol. The molecule has 2 aromatic carbocycles. The number of nitro groups is 1. The summed E-state index contributed by atoms with van der Waals surface area (Å²) in [6.07, 6.45) is 1.27. The molecule has 0 fully saturated rings. The average Bonchev–Trinajstić information content (AvgIpc) is 2.56. The lowest BCUT2D eigenvalue weighted by molar-refractivity contribution is -0.525. The van der Waals surface area contributed by atoms with Crippen LogP contribution in [-0.4, -0.2) is 23.2 Å². The molecule has 0 radical (unpaired) electrons. The van der Waals surface area contributed by atoms with Gasteiger partial charge >= 0.3 is 5.97 Å². The van der Waals surface area contributed by atoms with Gasteiger partial charge in [-0.2, -0.15) is 5.10 Å². The van der Waals surface area contributed by atoms with Crippen molar-refractivity contribution in [2.45, 2.75) is 0 Å². The van der Waals surface area contributed by atoms with Gasteiger partial charge in [0.15, 0.2) is 5.03 Å². The zero-order valence-corrected chi connectivity index (χ0v) is 12.3. The van der Waals surface area contributed by atoms with Crippen LogP contribution in [0.15, 0.2) is 64.8 Å². The highest BCUT2D eigenvalue weighted by atomic mass is 16.7. The van der Waals surface area contributed by atoms with E-state index in [1.165, 1.54) is 6.21 Å². The first-order chi connectivity index (χ1) is 11.6. The van der Waals surface area contributed by atoms with Gasteiger partial charge in [-0.1, -0.05) is 35.8 Å². The molecular weight excluding hydrogens is 314 g/mol. The second-order valence-corrected chi connectivity index (χ2v) is 4.39. The fourth-order valence-corrected chi connectivity index (χ4v) is 1.68. The molecule has 0 spiro atoms. The molecule has 0 amide bonds. The maximum Gasteiger partial charge on any atom is 0.343 e. The van der Waals surface area contributed by atoms with Crippen molar-refractivity contribution in [2.75, 3.05) is 0 Å². The normalized spacial score (nSPS) is 11.2. The number of nitrogens with one attached hydrogen (secondary N) is 1. The Kier molecular flexibility index (Phi) is 5.56. The summed E-state index contributed by atoms with van der Waals surface area (Å²) in [5, 5.41) is 16.3. The van der Waals surface area contributed by atoms with Crippen LogP contribution >= 0.6 is 0 Å². The SMILES string of the molecule is NC(=N/N=C/c1ccccc1OC(=O)c1ccccc1)N[N+](=O)[O-]. The summed E-state index contributed by atoms with van der Waals surface area (Å²) >= 11 is 0. The maximum absolute atomic E-state index is 12.1. The number of rotatable bonds is 5. The van der Waals surface area contributed by atoms with Crippen molar-refractivity contribution >= 4 is 18.1 Å². The van der Waals surface area contributed by atoms with Gasteiger partial charge < -0.3 is 10.5 Å². The Labute approximate surface area is 136 Å². The standard InChI is InChI=1S/C15H13N5O4/c16-15(19-20(22)23)18-17-10-12-8-4-5-9-13(12)24-14(21)11-6-2-1-3-7-11/h1-10H,(H3,16,18,19)/b17-10+. The van der Waals surface area contributed by atoms with Crippen LogP contribution in [0.25, 0.3) is 0 Å². The van der Waals surface area contributed by atoms with E-state index < -0.39 is 17.0 Å². The Hall–Kier alpha value is -3.75. The first kappa shape index (κ1) is 16.6. The number of benzene rings is 2. The minimum atomic E-state index is -0.857. The molecule has 0 heterocycles. The van der Waals surface area contributed by atoms with Gasteiger partial charge in [-0.25, -0.2) is 14.9 Å². The van der Waals surface area contributed by atoms with E-state index in [0.717, 1.165) is 0 Å². The number of hydrazine groups is 1. The summed E-state index contributed by atoms with van der Waals surface area (Å²) in [5.74, 6) is -0.726.